The molecule has 3 rings (SSSR count). The third-order valence-corrected chi connectivity index (χ3v) is 6.89. The van der Waals surface area contributed by atoms with E-state index in [2.05, 4.69) is 37.9 Å². The fourth-order valence-electron chi connectivity index (χ4n) is 3.37. The van der Waals surface area contributed by atoms with Crippen LogP contribution in [0.25, 0.3) is 11.0 Å². The Morgan fingerprint density at radius 3 is 2.53 bits per heavy atom. The first-order valence-corrected chi connectivity index (χ1v) is 12.1. The molecule has 0 spiro atoms. The molecule has 186 valence electrons. The Hall–Kier alpha value is -2.19. The summed E-state index contributed by atoms with van der Waals surface area (Å²) in [4.78, 5) is 43.9. The van der Waals surface area contributed by atoms with Crippen LogP contribution in [-0.4, -0.2) is 58.8 Å². The van der Waals surface area contributed by atoms with Crippen molar-refractivity contribution in [2.75, 3.05) is 19.0 Å². The fraction of sp³-hybridized carbons (Fsp3) is 0.571. The number of carbonyl (C=O) groups excluding carboxylic acids is 3. The van der Waals surface area contributed by atoms with Crippen molar-refractivity contribution in [1.29, 1.82) is 0 Å². The lowest BCUT2D eigenvalue weighted by Crippen LogP contribution is -2.33. The van der Waals surface area contributed by atoms with Crippen LogP contribution in [0.15, 0.2) is 0 Å². The van der Waals surface area contributed by atoms with Gasteiger partial charge in [-0.1, -0.05) is 39.3 Å². The van der Waals surface area contributed by atoms with Gasteiger partial charge in [-0.05, 0) is 22.6 Å². The predicted molar refractivity (Wildman–Crippen MR) is 131 cm³/mol. The van der Waals surface area contributed by atoms with Crippen molar-refractivity contribution in [2.45, 2.75) is 52.6 Å². The first-order chi connectivity index (χ1) is 16.1. The zero-order valence-electron chi connectivity index (χ0n) is 19.3. The zero-order valence-corrected chi connectivity index (χ0v) is 22.2. The van der Waals surface area contributed by atoms with Gasteiger partial charge in [-0.2, -0.15) is 9.97 Å². The van der Waals surface area contributed by atoms with Crippen LogP contribution in [-0.2, 0) is 28.6 Å². The maximum atomic E-state index is 12.3. The standard InChI is InChI=1S/C21H26ClIN4O7/c1-9(2)19(29)32-7-12-11(34-20(30)10(3)4)6-13(33-12)27-16(22)15(23)14-17(27)25-21(24-8-28)26-18(14)31-5/h8-13H,6-7H2,1-5H3,(H,24,25,26,28)/t11-,12+,13+/m0/s1. The third-order valence-electron chi connectivity index (χ3n) is 5.15. The summed E-state index contributed by atoms with van der Waals surface area (Å²) in [6.07, 6.45) is -1.40. The second-order valence-electron chi connectivity index (χ2n) is 8.27. The van der Waals surface area contributed by atoms with Crippen LogP contribution in [0.4, 0.5) is 5.95 Å². The van der Waals surface area contributed by atoms with Gasteiger partial charge in [0.25, 0.3) is 0 Å². The summed E-state index contributed by atoms with van der Waals surface area (Å²) in [5, 5.41) is 3.26. The van der Waals surface area contributed by atoms with Crippen molar-refractivity contribution in [3.05, 3.63) is 8.72 Å². The Balaban J connectivity index is 2.00. The van der Waals surface area contributed by atoms with E-state index in [1.54, 1.807) is 32.3 Å². The van der Waals surface area contributed by atoms with Crippen LogP contribution in [0.2, 0.25) is 5.15 Å². The summed E-state index contributed by atoms with van der Waals surface area (Å²) in [5.41, 5.74) is 0.365. The number of nitrogens with one attached hydrogen (secondary N) is 1. The molecule has 2 aromatic rings. The molecule has 0 saturated carbocycles. The second kappa shape index (κ2) is 11.0. The highest BCUT2D eigenvalue weighted by molar-refractivity contribution is 14.1. The monoisotopic (exact) mass is 608 g/mol. The molecule has 0 bridgehead atoms. The van der Waals surface area contributed by atoms with Crippen molar-refractivity contribution in [2.24, 2.45) is 11.8 Å². The molecule has 1 aliphatic rings. The highest BCUT2D eigenvalue weighted by Gasteiger charge is 2.42. The Morgan fingerprint density at radius 2 is 1.94 bits per heavy atom. The van der Waals surface area contributed by atoms with Gasteiger partial charge in [0.15, 0.2) is 5.65 Å². The first kappa shape index (κ1) is 26.4. The third kappa shape index (κ3) is 5.38. The van der Waals surface area contributed by atoms with E-state index in [1.165, 1.54) is 7.11 Å². The fourth-order valence-corrected chi connectivity index (χ4v) is 4.39. The van der Waals surface area contributed by atoms with E-state index >= 15 is 0 Å². The normalized spacial score (nSPS) is 20.1. The van der Waals surface area contributed by atoms with Crippen molar-refractivity contribution in [3.8, 4) is 5.88 Å². The molecule has 1 amide bonds. The minimum Gasteiger partial charge on any atom is -0.480 e. The summed E-state index contributed by atoms with van der Waals surface area (Å²) in [6.45, 7) is 6.82. The molecule has 2 aromatic heterocycles. The number of ether oxygens (including phenoxy) is 4. The summed E-state index contributed by atoms with van der Waals surface area (Å²) >= 11 is 8.72. The number of fused-ring (bicyclic) bond motifs is 1. The van der Waals surface area contributed by atoms with E-state index in [0.717, 1.165) is 0 Å². The van der Waals surface area contributed by atoms with E-state index in [9.17, 15) is 14.4 Å². The molecular formula is C21H26ClIN4O7. The maximum Gasteiger partial charge on any atom is 0.308 e. The lowest BCUT2D eigenvalue weighted by Gasteiger charge is -2.20. The number of hydrogen-bond acceptors (Lipinski definition) is 9. The van der Waals surface area contributed by atoms with Gasteiger partial charge in [0.05, 0.1) is 27.9 Å². The summed E-state index contributed by atoms with van der Waals surface area (Å²) in [6, 6.07) is 0. The molecule has 0 unspecified atom stereocenters. The molecular weight excluding hydrogens is 583 g/mol. The Labute approximate surface area is 214 Å². The molecule has 1 saturated heterocycles. The quantitative estimate of drug-likeness (QED) is 0.259. The van der Waals surface area contributed by atoms with E-state index < -0.39 is 24.4 Å². The van der Waals surface area contributed by atoms with Crippen molar-refractivity contribution >= 4 is 69.5 Å². The average Bonchev–Trinajstić information content (AvgIpc) is 3.29. The predicted octanol–water partition coefficient (Wildman–Crippen LogP) is 3.32. The zero-order chi connectivity index (χ0) is 25.2. The highest BCUT2D eigenvalue weighted by Crippen LogP contribution is 2.42. The number of amides is 1. The highest BCUT2D eigenvalue weighted by atomic mass is 127. The van der Waals surface area contributed by atoms with Crippen LogP contribution in [0, 0.1) is 15.4 Å². The van der Waals surface area contributed by atoms with Gasteiger partial charge in [-0.25, -0.2) is 0 Å². The second-order valence-corrected chi connectivity index (χ2v) is 9.71. The van der Waals surface area contributed by atoms with Crippen LogP contribution in [0.3, 0.4) is 0 Å². The number of methoxy groups -OCH3 is 1. The van der Waals surface area contributed by atoms with Crippen molar-refractivity contribution in [3.63, 3.8) is 0 Å². The molecule has 3 atom stereocenters. The lowest BCUT2D eigenvalue weighted by atomic mass is 10.1. The molecule has 3 heterocycles. The summed E-state index contributed by atoms with van der Waals surface area (Å²) in [7, 11) is 1.44. The summed E-state index contributed by atoms with van der Waals surface area (Å²) < 4.78 is 24.8. The van der Waals surface area contributed by atoms with E-state index in [0.29, 0.717) is 26.2 Å². The number of esters is 2. The Kier molecular flexibility index (Phi) is 8.57. The van der Waals surface area contributed by atoms with E-state index in [-0.39, 0.29) is 42.7 Å². The minimum atomic E-state index is -0.710. The van der Waals surface area contributed by atoms with Crippen molar-refractivity contribution < 1.29 is 33.3 Å². The molecule has 1 fully saturated rings. The largest absolute Gasteiger partial charge is 0.480 e. The first-order valence-electron chi connectivity index (χ1n) is 10.6. The number of halogens is 2. The summed E-state index contributed by atoms with van der Waals surface area (Å²) in [5.74, 6) is -1.19. The van der Waals surface area contributed by atoms with Gasteiger partial charge in [0.1, 0.15) is 30.2 Å². The van der Waals surface area contributed by atoms with Crippen LogP contribution < -0.4 is 10.1 Å². The minimum absolute atomic E-state index is 0.0226. The molecule has 0 radical (unpaired) electrons. The van der Waals surface area contributed by atoms with Gasteiger partial charge < -0.3 is 18.9 Å². The maximum absolute atomic E-state index is 12.3. The average molecular weight is 609 g/mol. The van der Waals surface area contributed by atoms with Crippen LogP contribution >= 0.6 is 34.2 Å². The van der Waals surface area contributed by atoms with Gasteiger partial charge in [-0.3, -0.25) is 24.3 Å². The van der Waals surface area contributed by atoms with Crippen molar-refractivity contribution in [1.82, 2.24) is 14.5 Å². The Morgan fingerprint density at radius 1 is 1.26 bits per heavy atom. The topological polar surface area (TPSA) is 131 Å². The molecule has 1 aliphatic heterocycles. The van der Waals surface area contributed by atoms with E-state index in [4.69, 9.17) is 30.5 Å². The number of carbonyl (C=O) groups is 3. The Bertz CT molecular complexity index is 1090. The van der Waals surface area contributed by atoms with Crippen LogP contribution in [0.1, 0.15) is 40.3 Å². The molecule has 11 nitrogen and oxygen atoms in total. The van der Waals surface area contributed by atoms with Gasteiger partial charge in [-0.15, -0.1) is 0 Å². The van der Waals surface area contributed by atoms with Gasteiger partial charge in [0, 0.05) is 6.42 Å². The van der Waals surface area contributed by atoms with E-state index in [1.807, 2.05) is 0 Å². The molecule has 1 N–H and O–H groups in total. The SMILES string of the molecule is COc1nc(NC=O)nc2c1c(I)c(Cl)n2[C@H]1C[C@H](OC(=O)C(C)C)[C@@H](COC(=O)C(C)C)O1. The molecule has 0 aliphatic carbocycles. The number of aromatic nitrogens is 3. The smallest absolute Gasteiger partial charge is 0.308 e. The molecule has 34 heavy (non-hydrogen) atoms. The number of hydrogen-bond donors (Lipinski definition) is 1. The van der Waals surface area contributed by atoms with Gasteiger partial charge in [0.2, 0.25) is 18.2 Å². The number of anilines is 1. The number of rotatable bonds is 9. The molecule has 0 aromatic carbocycles. The lowest BCUT2D eigenvalue weighted by molar-refractivity contribution is -0.162. The van der Waals surface area contributed by atoms with Crippen LogP contribution in [0.5, 0.6) is 5.88 Å². The van der Waals surface area contributed by atoms with Gasteiger partial charge >= 0.3 is 11.9 Å². The number of nitrogens with zero attached hydrogens (tertiary/aromatic N) is 3. The molecule has 13 heteroatoms.